The summed E-state index contributed by atoms with van der Waals surface area (Å²) in [6, 6.07) is 46.8. The fraction of sp³-hybridized carbons (Fsp3) is 0.0602. The number of carbonyl (C=O) groups is 3. The molecule has 16 aromatic rings. The number of H-pyrrole nitrogens is 7. The number of likely N-dealkylation sites (N-methyl/N-ethyl adjacent to an activating group) is 1. The van der Waals surface area contributed by atoms with E-state index in [0.29, 0.717) is 62.5 Å². The van der Waals surface area contributed by atoms with Crippen molar-refractivity contribution in [3.05, 3.63) is 286 Å². The van der Waals surface area contributed by atoms with E-state index in [1.54, 1.807) is 42.5 Å². The molecule has 0 spiro atoms. The van der Waals surface area contributed by atoms with Gasteiger partial charge in [0.1, 0.15) is 92.5 Å². The Morgan fingerprint density at radius 2 is 0.689 bits per heavy atom. The average Bonchev–Trinajstić information content (AvgIpc) is 1.68. The van der Waals surface area contributed by atoms with E-state index < -0.39 is 52.5 Å². The number of amides is 3. The number of nitrogens with one attached hydrogen (secondary N) is 11. The second kappa shape index (κ2) is 37.5. The lowest BCUT2D eigenvalue weighted by molar-refractivity contribution is 0.101. The lowest BCUT2D eigenvalue weighted by atomic mass is 10.1. The predicted molar refractivity (Wildman–Crippen MR) is 437 cm³/mol. The van der Waals surface area contributed by atoms with Gasteiger partial charge < -0.3 is 66.8 Å². The standard InChI is InChI=1S/C20H20F2N4O.C18H13F2N5O2.C16H11BrFN3O2.C16H11F2N3O3.C13H10FN5O2/c1-25-4-6-26(7-5-25)16-9-13(8-15(22)10-16)18-12-19(24-23-18)17-11-14(21)2-3-20(17)27;19-9-1-3-15(26)11(5-9)13-7-17(24-22-13)21-18-8-14(23-25-18)12-6-10(20)2-4-16(12)27;17-10-3-1-9(2-4-10)16(23)19-15-8-13(20-21-15)12-7-11(18)5-6-14(12)22;17-8-1-3-13(22)10(5-8)12-7-15(21-20-12)19-16(24)11-6-9(18)2-4-14(11)23;14-7-1-2-11(20)8(5-7)10-6-12(19-18-10)16-13(21)9-3-4-15-17-9/h2-3,8-12,27H,4-7H2,1H3,(H,23,24);1-8,26-27H,(H3,21,22,23,24,25);1-8,22H,(H2,19,20,21,23);1-7,22-23H,(H2,19,20,21,24);1-6,20H,(H,15,17)(H2,16,18,19,21). The molecule has 1 fully saturated rings. The molecule has 1 saturated heterocycles. The minimum atomic E-state index is -0.770. The first-order valence-corrected chi connectivity index (χ1v) is 36.8. The van der Waals surface area contributed by atoms with Crippen LogP contribution in [0.2, 0.25) is 0 Å². The molecule has 8 heterocycles. The Labute approximate surface area is 691 Å². The summed E-state index contributed by atoms with van der Waals surface area (Å²) in [7, 11) is 2.07. The zero-order chi connectivity index (χ0) is 86.4. The summed E-state index contributed by atoms with van der Waals surface area (Å²) in [5.41, 5.74) is 6.34. The number of anilines is 6. The van der Waals surface area contributed by atoms with Crippen molar-refractivity contribution in [1.82, 2.24) is 76.3 Å². The molecule has 122 heavy (non-hydrogen) atoms. The van der Waals surface area contributed by atoms with Crippen molar-refractivity contribution in [3.8, 4) is 119 Å². The highest BCUT2D eigenvalue weighted by atomic mass is 79.9. The third-order valence-electron chi connectivity index (χ3n) is 18.0. The summed E-state index contributed by atoms with van der Waals surface area (Å²) in [6.45, 7) is 3.53. The predicted octanol–water partition coefficient (Wildman–Crippen LogP) is 16.2. The highest BCUT2D eigenvalue weighted by Gasteiger charge is 2.22. The van der Waals surface area contributed by atoms with Gasteiger partial charge in [-0.1, -0.05) is 15.9 Å². The fourth-order valence-electron chi connectivity index (χ4n) is 11.9. The molecule has 620 valence electrons. The van der Waals surface area contributed by atoms with Crippen molar-refractivity contribution in [2.75, 3.05) is 59.4 Å². The second-order valence-corrected chi connectivity index (χ2v) is 27.5. The van der Waals surface area contributed by atoms with Crippen LogP contribution in [0.25, 0.3) is 78.8 Å². The van der Waals surface area contributed by atoms with Crippen molar-refractivity contribution < 1.29 is 85.3 Å². The smallest absolute Gasteiger partial charge is 0.274 e. The number of rotatable bonds is 16. The van der Waals surface area contributed by atoms with E-state index >= 15 is 0 Å². The van der Waals surface area contributed by atoms with Crippen molar-refractivity contribution in [1.29, 1.82) is 0 Å². The molecule has 9 aromatic carbocycles. The average molecular weight is 1730 g/mol. The van der Waals surface area contributed by atoms with E-state index in [0.717, 1.165) is 90.9 Å². The third-order valence-corrected chi connectivity index (χ3v) is 18.6. The molecule has 39 heteroatoms. The highest BCUT2D eigenvalue weighted by molar-refractivity contribution is 9.10. The van der Waals surface area contributed by atoms with Gasteiger partial charge in [0.05, 0.1) is 45.4 Å². The van der Waals surface area contributed by atoms with Gasteiger partial charge in [-0.3, -0.25) is 50.1 Å². The van der Waals surface area contributed by atoms with Gasteiger partial charge in [0.15, 0.2) is 29.1 Å². The van der Waals surface area contributed by atoms with E-state index in [2.05, 4.69) is 125 Å². The SMILES string of the molecule is CN1CCN(c2cc(F)cc(-c3cc(-c4cc(F)ccc4O)[nH]n3)c2)CC1.O=C(Nc1cc(-c2cc(F)ccc2O)[nH]n1)c1cc(F)ccc1O.O=C(Nc1cc(-c2cc(F)ccc2O)[nH]n1)c1ccc(Br)cc1.O=C(Nc1cc(-c2cc(F)ccc2O)[nH]n1)c1ccn[nH]1.Oc1ccc(F)cc1-c1cc(Nc2cc(-c3cc(F)ccc3O)[nH]n2)n[nH]1. The zero-order valence-corrected chi connectivity index (χ0v) is 64.5. The van der Waals surface area contributed by atoms with Gasteiger partial charge in [0.2, 0.25) is 0 Å². The van der Waals surface area contributed by atoms with Crippen molar-refractivity contribution >= 4 is 68.4 Å². The van der Waals surface area contributed by atoms with Crippen LogP contribution in [0, 0.1) is 46.5 Å². The number of nitrogens with zero attached hydrogens (tertiary/aromatic N) is 9. The van der Waals surface area contributed by atoms with E-state index in [4.69, 9.17) is 0 Å². The van der Waals surface area contributed by atoms with E-state index in [1.807, 2.05) is 6.07 Å². The monoisotopic (exact) mass is 1730 g/mol. The molecule has 18 N–H and O–H groups in total. The Morgan fingerprint density at radius 3 is 1.08 bits per heavy atom. The van der Waals surface area contributed by atoms with Crippen LogP contribution in [0.5, 0.6) is 40.2 Å². The molecule has 3 amide bonds. The topological polar surface area (TPSA) is 448 Å². The molecule has 0 unspecified atom stereocenters. The highest BCUT2D eigenvalue weighted by Crippen LogP contribution is 2.38. The number of aromatic nitrogens is 14. The van der Waals surface area contributed by atoms with Crippen LogP contribution in [-0.2, 0) is 0 Å². The lowest BCUT2D eigenvalue weighted by Gasteiger charge is -2.34. The molecule has 17 rings (SSSR count). The first kappa shape index (κ1) is 83.9. The van der Waals surface area contributed by atoms with Gasteiger partial charge in [0, 0.05) is 117 Å². The molecule has 0 saturated carbocycles. The van der Waals surface area contributed by atoms with Crippen LogP contribution >= 0.6 is 15.9 Å². The molecule has 0 atom stereocenters. The normalized spacial score (nSPS) is 11.7. The third kappa shape index (κ3) is 21.2. The molecule has 7 aromatic heterocycles. The largest absolute Gasteiger partial charge is 0.507 e. The summed E-state index contributed by atoms with van der Waals surface area (Å²) in [5.74, 6) is -5.08. The number of halogens is 9. The summed E-state index contributed by atoms with van der Waals surface area (Å²) in [5, 5.41) is 125. The molecule has 0 aliphatic carbocycles. The number of aromatic hydroxyl groups is 7. The van der Waals surface area contributed by atoms with E-state index in [-0.39, 0.29) is 114 Å². The Kier molecular flexibility index (Phi) is 25.8. The van der Waals surface area contributed by atoms with Gasteiger partial charge in [0.25, 0.3) is 17.7 Å². The van der Waals surface area contributed by atoms with Gasteiger partial charge in [-0.05, 0) is 189 Å². The maximum absolute atomic E-state index is 14.2. The van der Waals surface area contributed by atoms with Gasteiger partial charge in [-0.2, -0.15) is 35.7 Å². The summed E-state index contributed by atoms with van der Waals surface area (Å²) < 4.78 is 108. The quantitative estimate of drug-likeness (QED) is 0.0400. The molecular formula is C83H65BrF8N20O10. The van der Waals surface area contributed by atoms with Crippen LogP contribution in [0.3, 0.4) is 0 Å². The number of benzene rings is 9. The Balaban J connectivity index is 0.000000132. The number of carbonyl (C=O) groups excluding carboxylic acids is 3. The molecule has 0 radical (unpaired) electrons. The van der Waals surface area contributed by atoms with Crippen LogP contribution in [-0.4, -0.2) is 163 Å². The van der Waals surface area contributed by atoms with Crippen LogP contribution in [0.15, 0.2) is 223 Å². The number of aromatic amines is 7. The molecule has 30 nitrogen and oxygen atoms in total. The number of hydrogen-bond acceptors (Lipinski definition) is 20. The van der Waals surface area contributed by atoms with E-state index in [9.17, 15) is 85.3 Å². The Morgan fingerprint density at radius 1 is 0.344 bits per heavy atom. The zero-order valence-electron chi connectivity index (χ0n) is 62.9. The summed E-state index contributed by atoms with van der Waals surface area (Å²) in [4.78, 5) is 40.3. The number of piperazine rings is 1. The Bertz CT molecular complexity index is 6340. The molecule has 1 aliphatic rings. The molecule has 0 bridgehead atoms. The fourth-order valence-corrected chi connectivity index (χ4v) is 12.2. The van der Waals surface area contributed by atoms with Crippen molar-refractivity contribution in [3.63, 3.8) is 0 Å². The van der Waals surface area contributed by atoms with Gasteiger partial charge in [-0.15, -0.1) is 0 Å². The first-order chi connectivity index (χ1) is 58.6. The van der Waals surface area contributed by atoms with Crippen molar-refractivity contribution in [2.24, 2.45) is 0 Å². The van der Waals surface area contributed by atoms with Gasteiger partial charge in [-0.25, -0.2) is 35.1 Å². The summed E-state index contributed by atoms with van der Waals surface area (Å²) >= 11 is 3.30. The van der Waals surface area contributed by atoms with Gasteiger partial charge >= 0.3 is 0 Å². The van der Waals surface area contributed by atoms with Crippen LogP contribution in [0.1, 0.15) is 31.2 Å². The van der Waals surface area contributed by atoms with Crippen LogP contribution < -0.4 is 26.2 Å². The molecular weight excluding hydrogens is 1670 g/mol. The number of phenols is 7. The maximum Gasteiger partial charge on any atom is 0.274 e. The lowest BCUT2D eigenvalue weighted by Crippen LogP contribution is -2.44. The minimum Gasteiger partial charge on any atom is -0.507 e. The Hall–Kier alpha value is -16.1. The minimum absolute atomic E-state index is 0.0519. The van der Waals surface area contributed by atoms with E-state index in [1.165, 1.54) is 115 Å². The maximum atomic E-state index is 14.2. The first-order valence-electron chi connectivity index (χ1n) is 36.0. The van der Waals surface area contributed by atoms with Crippen LogP contribution in [0.4, 0.5) is 69.9 Å². The number of hydrogen-bond donors (Lipinski definition) is 18. The number of phenolic OH excluding ortho intramolecular Hbond substituents is 7. The van der Waals surface area contributed by atoms with Crippen molar-refractivity contribution in [2.45, 2.75) is 0 Å². The second-order valence-electron chi connectivity index (χ2n) is 26.6. The molecule has 1 aliphatic heterocycles. The summed E-state index contributed by atoms with van der Waals surface area (Å²) in [6.07, 6.45) is 1.45.